The lowest BCUT2D eigenvalue weighted by atomic mass is 10.1. The third-order valence-electron chi connectivity index (χ3n) is 2.51. The first kappa shape index (κ1) is 16.6. The summed E-state index contributed by atoms with van der Waals surface area (Å²) in [4.78, 5) is 20.5. The van der Waals surface area contributed by atoms with Crippen LogP contribution in [-0.2, 0) is 14.3 Å². The lowest BCUT2D eigenvalue weighted by Gasteiger charge is -2.01. The van der Waals surface area contributed by atoms with Crippen molar-refractivity contribution >= 4 is 12.3 Å². The minimum Gasteiger partial charge on any atom is -0.466 e. The Morgan fingerprint density at radius 1 is 0.944 bits per heavy atom. The van der Waals surface area contributed by atoms with Gasteiger partial charge in [0.1, 0.15) is 6.29 Å². The molecule has 0 rings (SSSR count). The van der Waals surface area contributed by atoms with Crippen LogP contribution in [0, 0.1) is 0 Å². The first-order valence-corrected chi connectivity index (χ1v) is 6.67. The smallest absolute Gasteiger partial charge is 0.302 e. The van der Waals surface area contributed by atoms with Gasteiger partial charge in [-0.1, -0.05) is 43.9 Å². The van der Waals surface area contributed by atoms with E-state index < -0.39 is 0 Å². The zero-order valence-electron chi connectivity index (χ0n) is 11.3. The van der Waals surface area contributed by atoms with Gasteiger partial charge in [0.2, 0.25) is 0 Å². The van der Waals surface area contributed by atoms with Gasteiger partial charge in [0.05, 0.1) is 6.61 Å². The fourth-order valence-corrected chi connectivity index (χ4v) is 1.57. The van der Waals surface area contributed by atoms with Gasteiger partial charge in [-0.05, 0) is 25.3 Å². The number of allylic oxidation sites excluding steroid dienone is 4. The van der Waals surface area contributed by atoms with Gasteiger partial charge in [-0.25, -0.2) is 0 Å². The van der Waals surface area contributed by atoms with E-state index in [4.69, 9.17) is 4.74 Å². The summed E-state index contributed by atoms with van der Waals surface area (Å²) in [5.41, 5.74) is 0. The molecular formula is C15H24O3. The largest absolute Gasteiger partial charge is 0.466 e. The van der Waals surface area contributed by atoms with Crippen LogP contribution in [0.4, 0.5) is 0 Å². The number of esters is 1. The summed E-state index contributed by atoms with van der Waals surface area (Å²) < 4.78 is 4.85. The average molecular weight is 252 g/mol. The molecule has 0 unspecified atom stereocenters. The number of carbonyl (C=O) groups excluding carboxylic acids is 2. The molecule has 0 aliphatic carbocycles. The highest BCUT2D eigenvalue weighted by molar-refractivity contribution is 5.65. The van der Waals surface area contributed by atoms with E-state index in [1.807, 2.05) is 6.08 Å². The summed E-state index contributed by atoms with van der Waals surface area (Å²) in [6.07, 6.45) is 16.0. The first-order valence-electron chi connectivity index (χ1n) is 6.67. The van der Waals surface area contributed by atoms with Gasteiger partial charge in [0.15, 0.2) is 0 Å². The maximum Gasteiger partial charge on any atom is 0.302 e. The van der Waals surface area contributed by atoms with Crippen LogP contribution in [0.15, 0.2) is 24.3 Å². The number of rotatable bonds is 11. The summed E-state index contributed by atoms with van der Waals surface area (Å²) in [5.74, 6) is -0.189. The normalized spacial score (nSPS) is 11.2. The quantitative estimate of drug-likeness (QED) is 0.185. The number of hydrogen-bond acceptors (Lipinski definition) is 3. The van der Waals surface area contributed by atoms with Crippen molar-refractivity contribution in [2.24, 2.45) is 0 Å². The maximum absolute atomic E-state index is 10.5. The number of aldehydes is 1. The molecule has 0 bridgehead atoms. The third-order valence-corrected chi connectivity index (χ3v) is 2.51. The van der Waals surface area contributed by atoms with E-state index in [0.717, 1.165) is 25.5 Å². The van der Waals surface area contributed by atoms with Crippen molar-refractivity contribution in [3.63, 3.8) is 0 Å². The third kappa shape index (κ3) is 14.6. The molecule has 0 aromatic rings. The lowest BCUT2D eigenvalue weighted by Crippen LogP contribution is -1.99. The van der Waals surface area contributed by atoms with Crippen molar-refractivity contribution in [3.8, 4) is 0 Å². The van der Waals surface area contributed by atoms with Crippen LogP contribution in [0.25, 0.3) is 0 Å². The van der Waals surface area contributed by atoms with Crippen molar-refractivity contribution < 1.29 is 14.3 Å². The highest BCUT2D eigenvalue weighted by Gasteiger charge is 1.93. The molecule has 0 saturated carbocycles. The summed E-state index contributed by atoms with van der Waals surface area (Å²) in [6.45, 7) is 2.00. The molecule has 0 aromatic carbocycles. The Kier molecular flexibility index (Phi) is 12.6. The molecule has 0 aliphatic rings. The minimum absolute atomic E-state index is 0.189. The summed E-state index contributed by atoms with van der Waals surface area (Å²) in [7, 11) is 0. The SMILES string of the molecule is CC(=O)OCCCCCCCC/C=C/C=C/C=O. The standard InChI is InChI=1S/C15H24O3/c1-15(17)18-14-12-10-8-6-4-2-3-5-7-9-11-13-16/h5,7,9,11,13H,2-4,6,8,10,12,14H2,1H3/b7-5+,11-9+. The van der Waals surface area contributed by atoms with Gasteiger partial charge in [0, 0.05) is 6.92 Å². The highest BCUT2D eigenvalue weighted by Crippen LogP contribution is 2.07. The number of hydrogen-bond donors (Lipinski definition) is 0. The molecule has 0 atom stereocenters. The molecule has 0 aromatic heterocycles. The molecule has 0 saturated heterocycles. The molecule has 0 spiro atoms. The van der Waals surface area contributed by atoms with Gasteiger partial charge in [-0.2, -0.15) is 0 Å². The molecule has 0 N–H and O–H groups in total. The van der Waals surface area contributed by atoms with Crippen molar-refractivity contribution in [1.82, 2.24) is 0 Å². The van der Waals surface area contributed by atoms with Crippen LogP contribution in [-0.4, -0.2) is 18.9 Å². The van der Waals surface area contributed by atoms with E-state index in [9.17, 15) is 9.59 Å². The summed E-state index contributed by atoms with van der Waals surface area (Å²) in [5, 5.41) is 0. The van der Waals surface area contributed by atoms with Crippen LogP contribution in [0.5, 0.6) is 0 Å². The fourth-order valence-electron chi connectivity index (χ4n) is 1.57. The van der Waals surface area contributed by atoms with Crippen molar-refractivity contribution in [2.45, 2.75) is 51.9 Å². The van der Waals surface area contributed by atoms with Gasteiger partial charge in [-0.3, -0.25) is 9.59 Å². The van der Waals surface area contributed by atoms with Crippen LogP contribution in [0.1, 0.15) is 51.9 Å². The number of carbonyl (C=O) groups is 2. The van der Waals surface area contributed by atoms with Gasteiger partial charge >= 0.3 is 5.97 Å². The molecule has 0 amide bonds. The van der Waals surface area contributed by atoms with E-state index in [1.165, 1.54) is 38.7 Å². The number of unbranched alkanes of at least 4 members (excludes halogenated alkanes) is 6. The van der Waals surface area contributed by atoms with Crippen molar-refractivity contribution in [2.75, 3.05) is 6.61 Å². The second-order valence-corrected chi connectivity index (χ2v) is 4.20. The zero-order valence-corrected chi connectivity index (χ0v) is 11.3. The molecule has 102 valence electrons. The molecule has 0 fully saturated rings. The second kappa shape index (κ2) is 13.7. The Labute approximate surface area is 110 Å². The topological polar surface area (TPSA) is 43.4 Å². The summed E-state index contributed by atoms with van der Waals surface area (Å²) in [6, 6.07) is 0. The van der Waals surface area contributed by atoms with Gasteiger partial charge < -0.3 is 4.74 Å². The first-order chi connectivity index (χ1) is 8.77. The van der Waals surface area contributed by atoms with Crippen molar-refractivity contribution in [3.05, 3.63) is 24.3 Å². The second-order valence-electron chi connectivity index (χ2n) is 4.20. The van der Waals surface area contributed by atoms with Crippen LogP contribution in [0.3, 0.4) is 0 Å². The Morgan fingerprint density at radius 2 is 1.61 bits per heavy atom. The van der Waals surface area contributed by atoms with Crippen molar-refractivity contribution in [1.29, 1.82) is 0 Å². The Balaban J connectivity index is 3.11. The minimum atomic E-state index is -0.189. The lowest BCUT2D eigenvalue weighted by molar-refractivity contribution is -0.141. The molecule has 0 aliphatic heterocycles. The van der Waals surface area contributed by atoms with Crippen LogP contribution in [0.2, 0.25) is 0 Å². The molecule has 3 heteroatoms. The molecule has 0 radical (unpaired) electrons. The molecule has 18 heavy (non-hydrogen) atoms. The Hall–Kier alpha value is -1.38. The predicted molar refractivity (Wildman–Crippen MR) is 73.3 cm³/mol. The molecular weight excluding hydrogens is 228 g/mol. The van der Waals surface area contributed by atoms with Gasteiger partial charge in [0.25, 0.3) is 0 Å². The van der Waals surface area contributed by atoms with E-state index in [2.05, 4.69) is 6.08 Å². The van der Waals surface area contributed by atoms with Crippen LogP contribution < -0.4 is 0 Å². The number of ether oxygens (including phenoxy) is 1. The van der Waals surface area contributed by atoms with Crippen LogP contribution >= 0.6 is 0 Å². The summed E-state index contributed by atoms with van der Waals surface area (Å²) >= 11 is 0. The van der Waals surface area contributed by atoms with Gasteiger partial charge in [-0.15, -0.1) is 0 Å². The fraction of sp³-hybridized carbons (Fsp3) is 0.600. The van der Waals surface area contributed by atoms with E-state index in [1.54, 1.807) is 6.08 Å². The predicted octanol–water partition coefficient (Wildman–Crippen LogP) is 3.59. The monoisotopic (exact) mass is 252 g/mol. The molecule has 0 heterocycles. The Morgan fingerprint density at radius 3 is 2.28 bits per heavy atom. The highest BCUT2D eigenvalue weighted by atomic mass is 16.5. The van der Waals surface area contributed by atoms with E-state index in [0.29, 0.717) is 6.61 Å². The van der Waals surface area contributed by atoms with E-state index >= 15 is 0 Å². The maximum atomic E-state index is 10.5. The zero-order chi connectivity index (χ0) is 13.5. The molecule has 3 nitrogen and oxygen atoms in total. The Bertz CT molecular complexity index is 267. The van der Waals surface area contributed by atoms with E-state index in [-0.39, 0.29) is 5.97 Å². The average Bonchev–Trinajstić information content (AvgIpc) is 2.34.